The molecule has 0 aromatic carbocycles. The Kier molecular flexibility index (Phi) is 3.59. The van der Waals surface area contributed by atoms with Crippen LogP contribution in [0.3, 0.4) is 0 Å². The number of likely N-dealkylation sites (tertiary alicyclic amines) is 1. The molecule has 1 aliphatic carbocycles. The number of hydrogen-bond acceptors (Lipinski definition) is 4. The lowest BCUT2D eigenvalue weighted by Crippen LogP contribution is -2.30. The summed E-state index contributed by atoms with van der Waals surface area (Å²) in [6, 6.07) is 0. The van der Waals surface area contributed by atoms with Gasteiger partial charge in [0.05, 0.1) is 6.33 Å². The molecule has 2 aliphatic rings. The Morgan fingerprint density at radius 1 is 1.45 bits per heavy atom. The Balaban J connectivity index is 1.46. The molecule has 0 spiro atoms. The van der Waals surface area contributed by atoms with Gasteiger partial charge in [-0.05, 0) is 31.1 Å². The molecule has 2 heterocycles. The first kappa shape index (κ1) is 13.0. The van der Waals surface area contributed by atoms with Gasteiger partial charge in [-0.25, -0.2) is 4.98 Å². The normalized spacial score (nSPS) is 21.8. The summed E-state index contributed by atoms with van der Waals surface area (Å²) in [5.41, 5.74) is 0.487. The average molecular weight is 273 g/mol. The molecular formula is C14H19N5O. The van der Waals surface area contributed by atoms with Crippen molar-refractivity contribution < 1.29 is 4.79 Å². The number of hydrogen-bond donors (Lipinski definition) is 1. The van der Waals surface area contributed by atoms with Gasteiger partial charge >= 0.3 is 0 Å². The van der Waals surface area contributed by atoms with Crippen molar-refractivity contribution in [2.45, 2.75) is 25.8 Å². The Hall–Kier alpha value is -2.03. The van der Waals surface area contributed by atoms with Gasteiger partial charge in [-0.1, -0.05) is 0 Å². The van der Waals surface area contributed by atoms with E-state index < -0.39 is 0 Å². The van der Waals surface area contributed by atoms with E-state index in [0.29, 0.717) is 18.2 Å². The molecule has 1 aromatic rings. The molecule has 0 radical (unpaired) electrons. The predicted octanol–water partition coefficient (Wildman–Crippen LogP) is 0.826. The number of nitriles is 1. The van der Waals surface area contributed by atoms with Crippen LogP contribution in [0.4, 0.5) is 0 Å². The van der Waals surface area contributed by atoms with Crippen LogP contribution in [0.2, 0.25) is 0 Å². The van der Waals surface area contributed by atoms with E-state index in [9.17, 15) is 4.79 Å². The fraction of sp³-hybridized carbons (Fsp3) is 0.643. The van der Waals surface area contributed by atoms with Crippen molar-refractivity contribution in [2.24, 2.45) is 11.8 Å². The summed E-state index contributed by atoms with van der Waals surface area (Å²) in [5, 5.41) is 11.7. The van der Waals surface area contributed by atoms with Gasteiger partial charge in [0.2, 0.25) is 0 Å². The fourth-order valence-electron chi connectivity index (χ4n) is 2.59. The molecule has 1 saturated heterocycles. The second-order valence-corrected chi connectivity index (χ2v) is 5.81. The van der Waals surface area contributed by atoms with Gasteiger partial charge in [0.25, 0.3) is 5.91 Å². The molecule has 1 atom stereocenters. The van der Waals surface area contributed by atoms with Crippen molar-refractivity contribution in [3.8, 4) is 6.19 Å². The van der Waals surface area contributed by atoms with Crippen LogP contribution in [0.25, 0.3) is 0 Å². The minimum Gasteiger partial charge on any atom is -0.350 e. The molecule has 1 aliphatic heterocycles. The van der Waals surface area contributed by atoms with Gasteiger partial charge < -0.3 is 14.8 Å². The maximum Gasteiger partial charge on any atom is 0.271 e. The molecule has 6 nitrogen and oxygen atoms in total. The highest BCUT2D eigenvalue weighted by Gasteiger charge is 2.23. The summed E-state index contributed by atoms with van der Waals surface area (Å²) in [7, 11) is 0. The summed E-state index contributed by atoms with van der Waals surface area (Å²) in [4.78, 5) is 17.9. The van der Waals surface area contributed by atoms with Gasteiger partial charge in [0.15, 0.2) is 6.19 Å². The Labute approximate surface area is 118 Å². The van der Waals surface area contributed by atoms with Gasteiger partial charge in [0.1, 0.15) is 5.69 Å². The third-order valence-electron chi connectivity index (χ3n) is 4.01. The summed E-state index contributed by atoms with van der Waals surface area (Å²) in [5.74, 6) is 1.03. The van der Waals surface area contributed by atoms with Crippen molar-refractivity contribution in [3.05, 3.63) is 18.2 Å². The first-order chi connectivity index (χ1) is 9.74. The third kappa shape index (κ3) is 3.10. The Morgan fingerprint density at radius 2 is 2.30 bits per heavy atom. The molecule has 20 heavy (non-hydrogen) atoms. The van der Waals surface area contributed by atoms with Gasteiger partial charge in [-0.3, -0.25) is 4.79 Å². The molecule has 6 heteroatoms. The first-order valence-corrected chi connectivity index (χ1v) is 7.19. The molecule has 2 fully saturated rings. The first-order valence-electron chi connectivity index (χ1n) is 7.19. The number of amides is 1. The van der Waals surface area contributed by atoms with Crippen LogP contribution in [0, 0.1) is 23.3 Å². The van der Waals surface area contributed by atoms with Crippen molar-refractivity contribution in [1.82, 2.24) is 19.8 Å². The number of carbonyl (C=O) groups is 1. The van der Waals surface area contributed by atoms with Crippen LogP contribution in [0.5, 0.6) is 0 Å². The largest absolute Gasteiger partial charge is 0.350 e. The molecule has 1 N–H and O–H groups in total. The van der Waals surface area contributed by atoms with Crippen LogP contribution in [-0.2, 0) is 6.54 Å². The van der Waals surface area contributed by atoms with Gasteiger partial charge in [-0.15, -0.1) is 0 Å². The standard InChI is InChI=1S/C14H19N5O/c15-9-18-4-3-12(7-18)5-16-14(20)13-8-19(10-17-13)6-11-1-2-11/h8,10-12H,1-7H2,(H,16,20). The third-order valence-corrected chi connectivity index (χ3v) is 4.01. The van der Waals surface area contributed by atoms with E-state index in [1.165, 1.54) is 12.8 Å². The molecule has 1 amide bonds. The SMILES string of the molecule is N#CN1CCC(CNC(=O)c2cn(CC3CC3)cn2)C1. The topological polar surface area (TPSA) is 74.0 Å². The zero-order valence-electron chi connectivity index (χ0n) is 11.5. The number of aromatic nitrogens is 2. The second-order valence-electron chi connectivity index (χ2n) is 5.81. The van der Waals surface area contributed by atoms with Crippen LogP contribution < -0.4 is 5.32 Å². The molecule has 1 unspecified atom stereocenters. The number of nitrogens with zero attached hydrogens (tertiary/aromatic N) is 4. The Bertz CT molecular complexity index is 528. The fourth-order valence-corrected chi connectivity index (χ4v) is 2.59. The Morgan fingerprint density at radius 3 is 3.00 bits per heavy atom. The van der Waals surface area contributed by atoms with E-state index in [1.54, 1.807) is 11.2 Å². The van der Waals surface area contributed by atoms with Crippen LogP contribution >= 0.6 is 0 Å². The average Bonchev–Trinajstić information content (AvgIpc) is 2.96. The van der Waals surface area contributed by atoms with E-state index >= 15 is 0 Å². The van der Waals surface area contributed by atoms with E-state index in [4.69, 9.17) is 5.26 Å². The number of nitrogens with one attached hydrogen (secondary N) is 1. The zero-order valence-corrected chi connectivity index (χ0v) is 11.5. The monoisotopic (exact) mass is 273 g/mol. The smallest absolute Gasteiger partial charge is 0.271 e. The minimum absolute atomic E-state index is 0.116. The minimum atomic E-state index is -0.116. The molecule has 0 bridgehead atoms. The molecular weight excluding hydrogens is 254 g/mol. The summed E-state index contributed by atoms with van der Waals surface area (Å²) in [6.45, 7) is 3.13. The highest BCUT2D eigenvalue weighted by molar-refractivity contribution is 5.91. The number of rotatable bonds is 5. The van der Waals surface area contributed by atoms with Crippen molar-refractivity contribution in [1.29, 1.82) is 5.26 Å². The van der Waals surface area contributed by atoms with E-state index in [0.717, 1.165) is 32.0 Å². The molecule has 1 aromatic heterocycles. The van der Waals surface area contributed by atoms with Crippen molar-refractivity contribution in [3.63, 3.8) is 0 Å². The zero-order chi connectivity index (χ0) is 13.9. The highest BCUT2D eigenvalue weighted by Crippen LogP contribution is 2.30. The van der Waals surface area contributed by atoms with E-state index in [2.05, 4.69) is 16.5 Å². The summed E-state index contributed by atoms with van der Waals surface area (Å²) in [6.07, 6.45) is 9.24. The quantitative estimate of drug-likeness (QED) is 0.806. The predicted molar refractivity (Wildman–Crippen MR) is 72.6 cm³/mol. The lowest BCUT2D eigenvalue weighted by molar-refractivity contribution is 0.0943. The second kappa shape index (κ2) is 5.53. The lowest BCUT2D eigenvalue weighted by atomic mass is 10.1. The summed E-state index contributed by atoms with van der Waals surface area (Å²) >= 11 is 0. The molecule has 3 rings (SSSR count). The lowest BCUT2D eigenvalue weighted by Gasteiger charge is -2.10. The van der Waals surface area contributed by atoms with Gasteiger partial charge in [0, 0.05) is 32.4 Å². The van der Waals surface area contributed by atoms with Crippen molar-refractivity contribution in [2.75, 3.05) is 19.6 Å². The maximum atomic E-state index is 12.0. The maximum absolute atomic E-state index is 12.0. The number of imidazole rings is 1. The molecule has 106 valence electrons. The van der Waals surface area contributed by atoms with Crippen LogP contribution in [-0.4, -0.2) is 40.0 Å². The van der Waals surface area contributed by atoms with Gasteiger partial charge in [-0.2, -0.15) is 5.26 Å². The van der Waals surface area contributed by atoms with Crippen molar-refractivity contribution >= 4 is 5.91 Å². The van der Waals surface area contributed by atoms with Crippen LogP contribution in [0.15, 0.2) is 12.5 Å². The molecule has 1 saturated carbocycles. The summed E-state index contributed by atoms with van der Waals surface area (Å²) < 4.78 is 2.00. The van der Waals surface area contributed by atoms with E-state index in [-0.39, 0.29) is 5.91 Å². The van der Waals surface area contributed by atoms with E-state index in [1.807, 2.05) is 10.8 Å². The highest BCUT2D eigenvalue weighted by atomic mass is 16.1. The van der Waals surface area contributed by atoms with Crippen LogP contribution in [0.1, 0.15) is 29.8 Å². The number of carbonyl (C=O) groups excluding carboxylic acids is 1.